The van der Waals surface area contributed by atoms with E-state index in [0.29, 0.717) is 36.8 Å². The Hall–Kier alpha value is -1.06. The SMILES string of the molecule is CC(=O)N1CCN(C(=O)C2C3CC4CC(C3)CC2C4)CC1. The van der Waals surface area contributed by atoms with Gasteiger partial charge in [-0.25, -0.2) is 0 Å². The fourth-order valence-corrected chi connectivity index (χ4v) is 5.78. The Morgan fingerprint density at radius 3 is 1.71 bits per heavy atom. The van der Waals surface area contributed by atoms with Crippen LogP contribution in [0.4, 0.5) is 0 Å². The van der Waals surface area contributed by atoms with Crippen LogP contribution >= 0.6 is 0 Å². The van der Waals surface area contributed by atoms with Crippen molar-refractivity contribution in [3.63, 3.8) is 0 Å². The maximum absolute atomic E-state index is 13.0. The highest BCUT2D eigenvalue weighted by molar-refractivity contribution is 5.80. The molecular formula is C17H26N2O2. The van der Waals surface area contributed by atoms with Crippen molar-refractivity contribution in [2.24, 2.45) is 29.6 Å². The minimum absolute atomic E-state index is 0.136. The van der Waals surface area contributed by atoms with Gasteiger partial charge in [0.1, 0.15) is 0 Å². The van der Waals surface area contributed by atoms with Gasteiger partial charge in [-0.05, 0) is 55.8 Å². The zero-order chi connectivity index (χ0) is 14.6. The van der Waals surface area contributed by atoms with Crippen LogP contribution in [-0.2, 0) is 9.59 Å². The lowest BCUT2D eigenvalue weighted by atomic mass is 9.51. The molecule has 0 atom stereocenters. The average molecular weight is 290 g/mol. The van der Waals surface area contributed by atoms with E-state index in [9.17, 15) is 9.59 Å². The third kappa shape index (κ3) is 2.27. The fraction of sp³-hybridized carbons (Fsp3) is 0.882. The molecule has 5 rings (SSSR count). The van der Waals surface area contributed by atoms with E-state index in [0.717, 1.165) is 24.9 Å². The van der Waals surface area contributed by atoms with Crippen molar-refractivity contribution >= 4 is 11.8 Å². The topological polar surface area (TPSA) is 40.6 Å². The van der Waals surface area contributed by atoms with E-state index in [1.165, 1.54) is 32.1 Å². The van der Waals surface area contributed by atoms with Gasteiger partial charge >= 0.3 is 0 Å². The second-order valence-corrected chi connectivity index (χ2v) is 7.79. The Kier molecular flexibility index (Phi) is 3.23. The van der Waals surface area contributed by atoms with E-state index in [4.69, 9.17) is 0 Å². The number of rotatable bonds is 1. The number of amides is 2. The molecule has 1 saturated heterocycles. The molecule has 0 spiro atoms. The predicted molar refractivity (Wildman–Crippen MR) is 79.4 cm³/mol. The molecule has 4 aliphatic carbocycles. The Balaban J connectivity index is 1.43. The zero-order valence-electron chi connectivity index (χ0n) is 13.0. The van der Waals surface area contributed by atoms with Crippen LogP contribution in [0.15, 0.2) is 0 Å². The lowest BCUT2D eigenvalue weighted by Gasteiger charge is -2.54. The third-order valence-corrected chi connectivity index (χ3v) is 6.55. The van der Waals surface area contributed by atoms with Crippen LogP contribution in [0, 0.1) is 29.6 Å². The molecule has 5 fully saturated rings. The molecule has 2 amide bonds. The van der Waals surface area contributed by atoms with Crippen molar-refractivity contribution in [1.29, 1.82) is 0 Å². The van der Waals surface area contributed by atoms with Crippen LogP contribution in [0.5, 0.6) is 0 Å². The zero-order valence-corrected chi connectivity index (χ0v) is 13.0. The van der Waals surface area contributed by atoms with Gasteiger partial charge in [-0.1, -0.05) is 0 Å². The van der Waals surface area contributed by atoms with Gasteiger partial charge in [0.05, 0.1) is 0 Å². The van der Waals surface area contributed by atoms with Crippen LogP contribution in [0.2, 0.25) is 0 Å². The summed E-state index contributed by atoms with van der Waals surface area (Å²) in [6.07, 6.45) is 6.65. The Labute approximate surface area is 126 Å². The number of piperazine rings is 1. The molecule has 4 saturated carbocycles. The fourth-order valence-electron chi connectivity index (χ4n) is 5.78. The van der Waals surface area contributed by atoms with Crippen LogP contribution in [0.25, 0.3) is 0 Å². The smallest absolute Gasteiger partial charge is 0.226 e. The van der Waals surface area contributed by atoms with Gasteiger partial charge in [0.15, 0.2) is 0 Å². The maximum atomic E-state index is 13.0. The normalized spacial score (nSPS) is 41.5. The molecule has 4 heteroatoms. The van der Waals surface area contributed by atoms with Crippen molar-refractivity contribution in [1.82, 2.24) is 9.80 Å². The molecular weight excluding hydrogens is 264 g/mol. The van der Waals surface area contributed by atoms with Crippen molar-refractivity contribution in [2.45, 2.75) is 39.0 Å². The van der Waals surface area contributed by atoms with Crippen molar-refractivity contribution in [3.05, 3.63) is 0 Å². The Morgan fingerprint density at radius 1 is 0.762 bits per heavy atom. The monoisotopic (exact) mass is 290 g/mol. The maximum Gasteiger partial charge on any atom is 0.226 e. The summed E-state index contributed by atoms with van der Waals surface area (Å²) < 4.78 is 0. The quantitative estimate of drug-likeness (QED) is 0.738. The van der Waals surface area contributed by atoms with Gasteiger partial charge in [0.25, 0.3) is 0 Å². The first-order chi connectivity index (χ1) is 10.1. The predicted octanol–water partition coefficient (Wildman–Crippen LogP) is 1.75. The van der Waals surface area contributed by atoms with Crippen LogP contribution in [0.1, 0.15) is 39.0 Å². The lowest BCUT2D eigenvalue weighted by molar-refractivity contribution is -0.152. The number of hydrogen-bond acceptors (Lipinski definition) is 2. The number of carbonyl (C=O) groups excluding carboxylic acids is 2. The molecule has 4 bridgehead atoms. The molecule has 1 heterocycles. The minimum atomic E-state index is 0.136. The van der Waals surface area contributed by atoms with E-state index < -0.39 is 0 Å². The highest BCUT2D eigenvalue weighted by atomic mass is 16.2. The van der Waals surface area contributed by atoms with Gasteiger partial charge in [0, 0.05) is 39.0 Å². The van der Waals surface area contributed by atoms with Gasteiger partial charge in [0.2, 0.25) is 11.8 Å². The van der Waals surface area contributed by atoms with Gasteiger partial charge in [-0.3, -0.25) is 9.59 Å². The number of hydrogen-bond donors (Lipinski definition) is 0. The Bertz CT molecular complexity index is 426. The summed E-state index contributed by atoms with van der Waals surface area (Å²) in [5.41, 5.74) is 0. The van der Waals surface area contributed by atoms with Crippen LogP contribution in [0.3, 0.4) is 0 Å². The second kappa shape index (κ2) is 4.99. The average Bonchev–Trinajstić information content (AvgIpc) is 2.46. The third-order valence-electron chi connectivity index (χ3n) is 6.55. The molecule has 1 aliphatic heterocycles. The molecule has 21 heavy (non-hydrogen) atoms. The largest absolute Gasteiger partial charge is 0.339 e. The van der Waals surface area contributed by atoms with Gasteiger partial charge in [-0.2, -0.15) is 0 Å². The molecule has 0 N–H and O–H groups in total. The molecule has 116 valence electrons. The van der Waals surface area contributed by atoms with Crippen LogP contribution < -0.4 is 0 Å². The van der Waals surface area contributed by atoms with Crippen molar-refractivity contribution in [3.8, 4) is 0 Å². The summed E-state index contributed by atoms with van der Waals surface area (Å²) in [7, 11) is 0. The molecule has 0 aromatic carbocycles. The molecule has 0 aromatic rings. The summed E-state index contributed by atoms with van der Waals surface area (Å²) >= 11 is 0. The Morgan fingerprint density at radius 2 is 1.24 bits per heavy atom. The highest BCUT2D eigenvalue weighted by Crippen LogP contribution is 2.56. The van der Waals surface area contributed by atoms with E-state index in [1.54, 1.807) is 6.92 Å². The number of carbonyl (C=O) groups is 2. The first-order valence-corrected chi connectivity index (χ1v) is 8.66. The van der Waals surface area contributed by atoms with E-state index in [1.807, 2.05) is 9.80 Å². The summed E-state index contributed by atoms with van der Waals surface area (Å²) in [4.78, 5) is 28.3. The lowest BCUT2D eigenvalue weighted by Crippen LogP contribution is -2.56. The number of nitrogens with zero attached hydrogens (tertiary/aromatic N) is 2. The first-order valence-electron chi connectivity index (χ1n) is 8.66. The van der Waals surface area contributed by atoms with Crippen molar-refractivity contribution < 1.29 is 9.59 Å². The van der Waals surface area contributed by atoms with Gasteiger partial charge < -0.3 is 9.80 Å². The summed E-state index contributed by atoms with van der Waals surface area (Å²) in [6, 6.07) is 0. The van der Waals surface area contributed by atoms with Crippen molar-refractivity contribution in [2.75, 3.05) is 26.2 Å². The summed E-state index contributed by atoms with van der Waals surface area (Å²) in [5.74, 6) is 4.03. The van der Waals surface area contributed by atoms with E-state index in [-0.39, 0.29) is 5.91 Å². The molecule has 5 aliphatic rings. The first kappa shape index (κ1) is 13.6. The summed E-state index contributed by atoms with van der Waals surface area (Å²) in [6.45, 7) is 4.53. The standard InChI is InChI=1S/C17H26N2O2/c1-11(20)18-2-4-19(5-3-18)17(21)16-14-7-12-6-13(9-14)10-15(16)8-12/h12-16H,2-10H2,1H3. The minimum Gasteiger partial charge on any atom is -0.339 e. The highest BCUT2D eigenvalue weighted by Gasteiger charge is 2.51. The van der Waals surface area contributed by atoms with Crippen LogP contribution in [-0.4, -0.2) is 47.8 Å². The van der Waals surface area contributed by atoms with E-state index >= 15 is 0 Å². The second-order valence-electron chi connectivity index (χ2n) is 7.79. The molecule has 0 unspecified atom stereocenters. The summed E-state index contributed by atoms with van der Waals surface area (Å²) in [5, 5.41) is 0. The van der Waals surface area contributed by atoms with Gasteiger partial charge in [-0.15, -0.1) is 0 Å². The molecule has 0 radical (unpaired) electrons. The molecule has 0 aromatic heterocycles. The van der Waals surface area contributed by atoms with E-state index in [2.05, 4.69) is 0 Å². The molecule has 4 nitrogen and oxygen atoms in total.